The normalized spacial score (nSPS) is 21.3. The smallest absolute Gasteiger partial charge is 0.414 e. The molecule has 1 heterocycles. The van der Waals surface area contributed by atoms with Crippen LogP contribution in [-0.2, 0) is 9.59 Å². The molecule has 1 saturated heterocycles. The van der Waals surface area contributed by atoms with E-state index in [1.807, 2.05) is 18.2 Å². The average Bonchev–Trinajstić information content (AvgIpc) is 2.81. The molecular weight excluding hydrogens is 310 g/mol. The first-order valence-electron chi connectivity index (χ1n) is 6.72. The molecule has 1 aromatic carbocycles. The third-order valence-electron chi connectivity index (χ3n) is 3.24. The molecule has 0 bridgehead atoms. The Hall–Kier alpha value is -1.67. The molecule has 0 saturated carbocycles. The Balaban J connectivity index is 0.000000346. The minimum Gasteiger partial charge on any atom is -0.473 e. The van der Waals surface area contributed by atoms with Crippen molar-refractivity contribution in [3.63, 3.8) is 0 Å². The molecule has 2 unspecified atom stereocenters. The maximum atomic E-state index is 9.10. The minimum absolute atomic E-state index is 0.0822. The second-order valence-electron chi connectivity index (χ2n) is 5.04. The number of hydrogen-bond donors (Lipinski definition) is 4. The van der Waals surface area contributed by atoms with Crippen molar-refractivity contribution in [2.24, 2.45) is 5.73 Å². The summed E-state index contributed by atoms with van der Waals surface area (Å²) >= 11 is 6.23. The molecule has 22 heavy (non-hydrogen) atoms. The van der Waals surface area contributed by atoms with E-state index in [9.17, 15) is 0 Å². The van der Waals surface area contributed by atoms with Crippen LogP contribution in [0.15, 0.2) is 24.3 Å². The molecule has 2 atom stereocenters. The first kappa shape index (κ1) is 18.4. The highest BCUT2D eigenvalue weighted by Gasteiger charge is 2.34. The van der Waals surface area contributed by atoms with Crippen LogP contribution < -0.4 is 11.1 Å². The van der Waals surface area contributed by atoms with Gasteiger partial charge in [-0.2, -0.15) is 0 Å². The summed E-state index contributed by atoms with van der Waals surface area (Å²) in [4.78, 5) is 20.5. The lowest BCUT2D eigenvalue weighted by atomic mass is 10.1. The van der Waals surface area contributed by atoms with Crippen molar-refractivity contribution in [1.82, 2.24) is 10.2 Å². The summed E-state index contributed by atoms with van der Waals surface area (Å²) in [5.74, 6) is -3.65. The fraction of sp³-hybridized carbons (Fsp3) is 0.429. The van der Waals surface area contributed by atoms with E-state index >= 15 is 0 Å². The standard InChI is InChI=1S/C12H18ClN3.C2H2O4/c1-8(2)16-11(7-15-12(16)14)9-5-3-4-6-10(9)13;3-1(4)2(5)6/h3-6,8,11-12,15H,7,14H2,1-2H3;(H,3,4)(H,5,6). The van der Waals surface area contributed by atoms with Crippen LogP contribution in [0.4, 0.5) is 0 Å². The van der Waals surface area contributed by atoms with Crippen LogP contribution in [0.2, 0.25) is 5.02 Å². The summed E-state index contributed by atoms with van der Waals surface area (Å²) in [6.07, 6.45) is -0.0822. The third kappa shape index (κ3) is 4.67. The van der Waals surface area contributed by atoms with Crippen LogP contribution in [-0.4, -0.2) is 45.9 Å². The zero-order valence-electron chi connectivity index (χ0n) is 12.4. The van der Waals surface area contributed by atoms with Gasteiger partial charge in [0.1, 0.15) is 6.29 Å². The number of hydrogen-bond acceptors (Lipinski definition) is 5. The molecule has 1 aliphatic heterocycles. The molecule has 1 aromatic rings. The maximum Gasteiger partial charge on any atom is 0.414 e. The number of nitrogens with two attached hydrogens (primary N) is 1. The van der Waals surface area contributed by atoms with Gasteiger partial charge in [-0.05, 0) is 25.5 Å². The van der Waals surface area contributed by atoms with Gasteiger partial charge >= 0.3 is 11.9 Å². The van der Waals surface area contributed by atoms with E-state index in [0.717, 1.165) is 17.1 Å². The molecule has 0 radical (unpaired) electrons. The predicted octanol–water partition coefficient (Wildman–Crippen LogP) is 1.09. The van der Waals surface area contributed by atoms with Crippen LogP contribution in [0.1, 0.15) is 25.5 Å². The molecule has 0 amide bonds. The molecule has 7 nitrogen and oxygen atoms in total. The van der Waals surface area contributed by atoms with Gasteiger partial charge in [0, 0.05) is 17.6 Å². The number of nitrogens with one attached hydrogen (secondary N) is 1. The molecule has 0 aromatic heterocycles. The van der Waals surface area contributed by atoms with E-state index in [-0.39, 0.29) is 12.3 Å². The van der Waals surface area contributed by atoms with E-state index in [4.69, 9.17) is 37.1 Å². The summed E-state index contributed by atoms with van der Waals surface area (Å²) in [7, 11) is 0. The molecule has 0 spiro atoms. The van der Waals surface area contributed by atoms with Crippen LogP contribution in [0.25, 0.3) is 0 Å². The zero-order valence-corrected chi connectivity index (χ0v) is 13.1. The number of benzene rings is 1. The van der Waals surface area contributed by atoms with Crippen LogP contribution >= 0.6 is 11.6 Å². The van der Waals surface area contributed by atoms with Crippen molar-refractivity contribution in [3.05, 3.63) is 34.9 Å². The Morgan fingerprint density at radius 2 is 1.86 bits per heavy atom. The van der Waals surface area contributed by atoms with Gasteiger partial charge in [-0.1, -0.05) is 29.8 Å². The molecule has 8 heteroatoms. The number of carboxylic acids is 2. The fourth-order valence-electron chi connectivity index (χ4n) is 2.33. The maximum absolute atomic E-state index is 9.10. The highest BCUT2D eigenvalue weighted by Crippen LogP contribution is 2.31. The van der Waals surface area contributed by atoms with Crippen LogP contribution in [0.3, 0.4) is 0 Å². The van der Waals surface area contributed by atoms with Gasteiger partial charge in [0.05, 0.1) is 6.04 Å². The lowest BCUT2D eigenvalue weighted by molar-refractivity contribution is -0.159. The lowest BCUT2D eigenvalue weighted by Crippen LogP contribution is -2.47. The number of aliphatic carboxylic acids is 2. The Kier molecular flexibility index (Phi) is 6.76. The van der Waals surface area contributed by atoms with Crippen molar-refractivity contribution in [2.75, 3.05) is 6.54 Å². The third-order valence-corrected chi connectivity index (χ3v) is 3.59. The second kappa shape index (κ2) is 8.09. The molecule has 0 aliphatic carbocycles. The van der Waals surface area contributed by atoms with Gasteiger partial charge in [0.15, 0.2) is 0 Å². The highest BCUT2D eigenvalue weighted by molar-refractivity contribution is 6.31. The SMILES string of the molecule is CC(C)N1C(N)NCC1c1ccccc1Cl.O=C(O)C(=O)O. The van der Waals surface area contributed by atoms with Gasteiger partial charge in [-0.3, -0.25) is 10.2 Å². The average molecular weight is 330 g/mol. The van der Waals surface area contributed by atoms with Gasteiger partial charge in [0.25, 0.3) is 0 Å². The fourth-order valence-corrected chi connectivity index (χ4v) is 2.60. The largest absolute Gasteiger partial charge is 0.473 e. The molecule has 122 valence electrons. The number of rotatable bonds is 2. The van der Waals surface area contributed by atoms with Crippen LogP contribution in [0.5, 0.6) is 0 Å². The van der Waals surface area contributed by atoms with Gasteiger partial charge < -0.3 is 15.9 Å². The molecule has 2 rings (SSSR count). The number of carbonyl (C=O) groups is 2. The van der Waals surface area contributed by atoms with Crippen LogP contribution in [0, 0.1) is 0 Å². The van der Waals surface area contributed by atoms with Gasteiger partial charge in [0.2, 0.25) is 0 Å². The van der Waals surface area contributed by atoms with E-state index in [2.05, 4.69) is 30.1 Å². The van der Waals surface area contributed by atoms with Gasteiger partial charge in [-0.15, -0.1) is 0 Å². The van der Waals surface area contributed by atoms with Crippen molar-refractivity contribution >= 4 is 23.5 Å². The summed E-state index contributed by atoms with van der Waals surface area (Å²) < 4.78 is 0. The molecule has 1 aliphatic rings. The predicted molar refractivity (Wildman–Crippen MR) is 82.4 cm³/mol. The molecule has 1 fully saturated rings. The van der Waals surface area contributed by atoms with E-state index < -0.39 is 11.9 Å². The molecule has 5 N–H and O–H groups in total. The van der Waals surface area contributed by atoms with Crippen molar-refractivity contribution in [2.45, 2.75) is 32.2 Å². The monoisotopic (exact) mass is 329 g/mol. The Bertz CT molecular complexity index is 527. The number of carboxylic acid groups (broad SMARTS) is 2. The summed E-state index contributed by atoms with van der Waals surface area (Å²) in [5.41, 5.74) is 7.18. The van der Waals surface area contributed by atoms with Crippen molar-refractivity contribution in [3.8, 4) is 0 Å². The summed E-state index contributed by atoms with van der Waals surface area (Å²) in [6.45, 7) is 5.15. The summed E-state index contributed by atoms with van der Waals surface area (Å²) in [6, 6.07) is 8.63. The number of nitrogens with zero attached hydrogens (tertiary/aromatic N) is 1. The second-order valence-corrected chi connectivity index (χ2v) is 5.45. The Labute approximate surface area is 133 Å². The van der Waals surface area contributed by atoms with Crippen molar-refractivity contribution < 1.29 is 19.8 Å². The minimum atomic E-state index is -1.82. The van der Waals surface area contributed by atoms with E-state index in [1.54, 1.807) is 0 Å². The quantitative estimate of drug-likeness (QED) is 0.600. The Morgan fingerprint density at radius 3 is 2.32 bits per heavy atom. The van der Waals surface area contributed by atoms with Crippen molar-refractivity contribution in [1.29, 1.82) is 0 Å². The van der Waals surface area contributed by atoms with E-state index in [0.29, 0.717) is 6.04 Å². The first-order valence-corrected chi connectivity index (χ1v) is 7.10. The highest BCUT2D eigenvalue weighted by atomic mass is 35.5. The topological polar surface area (TPSA) is 116 Å². The number of halogens is 1. The lowest BCUT2D eigenvalue weighted by Gasteiger charge is -2.31. The zero-order chi connectivity index (χ0) is 16.9. The summed E-state index contributed by atoms with van der Waals surface area (Å²) in [5, 5.41) is 18.9. The Morgan fingerprint density at radius 1 is 1.32 bits per heavy atom. The van der Waals surface area contributed by atoms with E-state index in [1.165, 1.54) is 0 Å². The first-order chi connectivity index (χ1) is 10.3. The molecular formula is C14H20ClN3O4. The van der Waals surface area contributed by atoms with Gasteiger partial charge in [-0.25, -0.2) is 9.59 Å².